The van der Waals surface area contributed by atoms with E-state index in [0.717, 1.165) is 0 Å². The summed E-state index contributed by atoms with van der Waals surface area (Å²) in [5.41, 5.74) is -0.390. The minimum atomic E-state index is -1.07. The van der Waals surface area contributed by atoms with Crippen LogP contribution < -0.4 is 0 Å². The van der Waals surface area contributed by atoms with Crippen molar-refractivity contribution < 1.29 is 17.6 Å². The molecule has 0 radical (unpaired) electrons. The fourth-order valence-electron chi connectivity index (χ4n) is 1.69. The van der Waals surface area contributed by atoms with Crippen molar-refractivity contribution in [1.29, 1.82) is 0 Å². The van der Waals surface area contributed by atoms with E-state index in [0.29, 0.717) is 16.6 Å². The molecule has 0 bridgehead atoms. The predicted molar refractivity (Wildman–Crippen MR) is 71.2 cm³/mol. The summed E-state index contributed by atoms with van der Waals surface area (Å²) in [7, 11) is 0. The Morgan fingerprint density at radius 3 is 1.95 bits per heavy atom. The molecule has 2 rings (SSSR count). The van der Waals surface area contributed by atoms with E-state index in [1.807, 2.05) is 0 Å². The third kappa shape index (κ3) is 2.84. The van der Waals surface area contributed by atoms with E-state index in [2.05, 4.69) is 31.9 Å². The van der Waals surface area contributed by atoms with Gasteiger partial charge < -0.3 is 0 Å². The number of hydrogen-bond acceptors (Lipinski definition) is 0. The maximum atomic E-state index is 13.8. The van der Waals surface area contributed by atoms with Crippen LogP contribution in [0.15, 0.2) is 34.8 Å². The van der Waals surface area contributed by atoms with Crippen LogP contribution in [0.2, 0.25) is 0 Å². The molecule has 0 heterocycles. The van der Waals surface area contributed by atoms with Crippen LogP contribution in [0.1, 0.15) is 16.0 Å². The van der Waals surface area contributed by atoms with Crippen LogP contribution >= 0.6 is 31.9 Å². The number of halogens is 6. The minimum absolute atomic E-state index is 0.0481. The van der Waals surface area contributed by atoms with Crippen molar-refractivity contribution in [2.24, 2.45) is 0 Å². The van der Waals surface area contributed by atoms with Gasteiger partial charge in [0.05, 0.1) is 4.83 Å². The molecule has 0 aromatic heterocycles. The SMILES string of the molecule is Fc1cc(F)c(C(Br)c2c(F)cccc2Br)c(F)c1. The fraction of sp³-hybridized carbons (Fsp3) is 0.0769. The largest absolute Gasteiger partial charge is 0.207 e. The average molecular weight is 398 g/mol. The third-order valence-corrected chi connectivity index (χ3v) is 4.16. The highest BCUT2D eigenvalue weighted by Crippen LogP contribution is 2.39. The Morgan fingerprint density at radius 1 is 0.842 bits per heavy atom. The van der Waals surface area contributed by atoms with E-state index in [9.17, 15) is 17.6 Å². The molecule has 0 fully saturated rings. The van der Waals surface area contributed by atoms with Crippen LogP contribution in [0, 0.1) is 23.3 Å². The van der Waals surface area contributed by atoms with E-state index in [1.165, 1.54) is 12.1 Å². The standard InChI is InChI=1S/C13H6Br2F4/c14-7-2-1-3-8(17)11(7)13(15)12-9(18)4-6(16)5-10(12)19/h1-5,13H. The zero-order valence-electron chi connectivity index (χ0n) is 9.23. The van der Waals surface area contributed by atoms with Gasteiger partial charge in [-0.2, -0.15) is 0 Å². The Labute approximate surface area is 123 Å². The van der Waals surface area contributed by atoms with Crippen LogP contribution in [-0.4, -0.2) is 0 Å². The van der Waals surface area contributed by atoms with Gasteiger partial charge in [-0.1, -0.05) is 37.9 Å². The van der Waals surface area contributed by atoms with Gasteiger partial charge in [0, 0.05) is 27.7 Å². The third-order valence-electron chi connectivity index (χ3n) is 2.55. The van der Waals surface area contributed by atoms with Crippen LogP contribution in [-0.2, 0) is 0 Å². The molecule has 0 N–H and O–H groups in total. The first kappa shape index (κ1) is 14.5. The van der Waals surface area contributed by atoms with E-state index in [1.54, 1.807) is 6.07 Å². The molecule has 0 spiro atoms. The van der Waals surface area contributed by atoms with Crippen molar-refractivity contribution in [1.82, 2.24) is 0 Å². The Kier molecular flexibility index (Phi) is 4.30. The Hall–Kier alpha value is -0.880. The normalized spacial score (nSPS) is 12.5. The van der Waals surface area contributed by atoms with Crippen LogP contribution in [0.25, 0.3) is 0 Å². The lowest BCUT2D eigenvalue weighted by Crippen LogP contribution is -2.04. The summed E-state index contributed by atoms with van der Waals surface area (Å²) in [5, 5.41) is 0. The van der Waals surface area contributed by atoms with Gasteiger partial charge in [-0.3, -0.25) is 0 Å². The molecule has 6 heteroatoms. The molecule has 2 aromatic rings. The van der Waals surface area contributed by atoms with E-state index < -0.39 is 33.7 Å². The second-order valence-electron chi connectivity index (χ2n) is 3.78. The first-order valence-electron chi connectivity index (χ1n) is 5.14. The van der Waals surface area contributed by atoms with Crippen molar-refractivity contribution >= 4 is 31.9 Å². The lowest BCUT2D eigenvalue weighted by molar-refractivity contribution is 0.524. The topological polar surface area (TPSA) is 0 Å². The molecule has 2 aromatic carbocycles. The highest BCUT2D eigenvalue weighted by Gasteiger charge is 2.24. The predicted octanol–water partition coefficient (Wildman–Crippen LogP) is 5.49. The van der Waals surface area contributed by atoms with Crippen LogP contribution in [0.5, 0.6) is 0 Å². The zero-order chi connectivity index (χ0) is 14.2. The summed E-state index contributed by atoms with van der Waals surface area (Å²) in [6.07, 6.45) is 0. The molecule has 0 nitrogen and oxygen atoms in total. The molecule has 0 aliphatic carbocycles. The maximum absolute atomic E-state index is 13.8. The molecular formula is C13H6Br2F4. The number of alkyl halides is 1. The summed E-state index contributed by atoms with van der Waals surface area (Å²) in [5.74, 6) is -3.80. The zero-order valence-corrected chi connectivity index (χ0v) is 12.4. The molecule has 0 saturated heterocycles. The van der Waals surface area contributed by atoms with Gasteiger partial charge in [-0.15, -0.1) is 0 Å². The fourth-order valence-corrected chi connectivity index (χ4v) is 3.47. The maximum Gasteiger partial charge on any atom is 0.133 e. The van der Waals surface area contributed by atoms with Gasteiger partial charge in [0.25, 0.3) is 0 Å². The quantitative estimate of drug-likeness (QED) is 0.464. The summed E-state index contributed by atoms with van der Waals surface area (Å²) < 4.78 is 54.3. The summed E-state index contributed by atoms with van der Waals surface area (Å²) >= 11 is 6.17. The van der Waals surface area contributed by atoms with Crippen LogP contribution in [0.4, 0.5) is 17.6 Å². The molecule has 0 saturated carbocycles. The second-order valence-corrected chi connectivity index (χ2v) is 5.55. The van der Waals surface area contributed by atoms with Crippen molar-refractivity contribution in [3.05, 3.63) is 69.2 Å². The van der Waals surface area contributed by atoms with E-state index in [4.69, 9.17) is 0 Å². The van der Waals surface area contributed by atoms with Gasteiger partial charge >= 0.3 is 0 Å². The van der Waals surface area contributed by atoms with Crippen molar-refractivity contribution in [2.75, 3.05) is 0 Å². The summed E-state index contributed by atoms with van der Waals surface area (Å²) in [6, 6.07) is 5.29. The number of hydrogen-bond donors (Lipinski definition) is 0. The lowest BCUT2D eigenvalue weighted by Gasteiger charge is -2.15. The van der Waals surface area contributed by atoms with Crippen molar-refractivity contribution in [3.8, 4) is 0 Å². The first-order valence-corrected chi connectivity index (χ1v) is 6.85. The Bertz CT molecular complexity index is 585. The molecule has 1 atom stereocenters. The molecule has 0 aliphatic heterocycles. The molecule has 0 aliphatic rings. The lowest BCUT2D eigenvalue weighted by atomic mass is 10.0. The number of rotatable bonds is 2. The smallest absolute Gasteiger partial charge is 0.133 e. The monoisotopic (exact) mass is 396 g/mol. The molecule has 100 valence electrons. The Morgan fingerprint density at radius 2 is 1.42 bits per heavy atom. The van der Waals surface area contributed by atoms with Gasteiger partial charge in [-0.05, 0) is 12.1 Å². The van der Waals surface area contributed by atoms with Gasteiger partial charge in [-0.25, -0.2) is 17.6 Å². The van der Waals surface area contributed by atoms with E-state index in [-0.39, 0.29) is 5.56 Å². The second kappa shape index (κ2) is 5.63. The Balaban J connectivity index is 2.60. The first-order chi connectivity index (χ1) is 8.91. The molecule has 1 unspecified atom stereocenters. The average Bonchev–Trinajstić information content (AvgIpc) is 2.26. The number of benzene rings is 2. The molecular weight excluding hydrogens is 392 g/mol. The highest BCUT2D eigenvalue weighted by molar-refractivity contribution is 9.11. The van der Waals surface area contributed by atoms with Crippen molar-refractivity contribution in [3.63, 3.8) is 0 Å². The van der Waals surface area contributed by atoms with Crippen molar-refractivity contribution in [2.45, 2.75) is 4.83 Å². The van der Waals surface area contributed by atoms with Gasteiger partial charge in [0.1, 0.15) is 23.3 Å². The van der Waals surface area contributed by atoms with E-state index >= 15 is 0 Å². The summed E-state index contributed by atoms with van der Waals surface area (Å²) in [6.45, 7) is 0. The van der Waals surface area contributed by atoms with Gasteiger partial charge in [0.15, 0.2) is 0 Å². The summed E-state index contributed by atoms with van der Waals surface area (Å²) in [4.78, 5) is -1.07. The molecule has 0 amide bonds. The molecule has 19 heavy (non-hydrogen) atoms. The van der Waals surface area contributed by atoms with Gasteiger partial charge in [0.2, 0.25) is 0 Å². The highest BCUT2D eigenvalue weighted by atomic mass is 79.9. The minimum Gasteiger partial charge on any atom is -0.207 e. The van der Waals surface area contributed by atoms with Crippen LogP contribution in [0.3, 0.4) is 0 Å².